The van der Waals surface area contributed by atoms with Gasteiger partial charge in [-0.25, -0.2) is 0 Å². The number of hydrogen-bond acceptors (Lipinski definition) is 6. The largest absolute Gasteiger partial charge is 0.865 e. The van der Waals surface area contributed by atoms with E-state index in [2.05, 4.69) is 0 Å². The first-order valence-corrected chi connectivity index (χ1v) is 8.14. The lowest BCUT2D eigenvalue weighted by Crippen LogP contribution is -2.36. The van der Waals surface area contributed by atoms with Crippen LogP contribution >= 0.6 is 34.0 Å². The summed E-state index contributed by atoms with van der Waals surface area (Å²) in [5, 5.41) is 8.13. The normalized spacial score (nSPS) is 10.1. The lowest BCUT2D eigenvalue weighted by Gasteiger charge is -2.12. The van der Waals surface area contributed by atoms with Crippen LogP contribution in [0.1, 0.15) is 0 Å². The van der Waals surface area contributed by atoms with E-state index in [1.165, 1.54) is 34.0 Å². The Labute approximate surface area is 123 Å². The highest BCUT2D eigenvalue weighted by atomic mass is 32.1. The highest BCUT2D eigenvalue weighted by Gasteiger charge is 2.31. The Morgan fingerprint density at radius 1 is 0.632 bits per heavy atom. The summed E-state index contributed by atoms with van der Waals surface area (Å²) in [6.45, 7) is 0. The van der Waals surface area contributed by atoms with Crippen LogP contribution in [0, 0.1) is 0 Å². The SMILES string of the molecule is c1csc(OB(Oc2cccs2)Oc2cccs2)c1. The van der Waals surface area contributed by atoms with Gasteiger partial charge in [0.2, 0.25) is 0 Å². The summed E-state index contributed by atoms with van der Waals surface area (Å²) in [7, 11) is -0.782. The molecule has 0 unspecified atom stereocenters. The van der Waals surface area contributed by atoms with Crippen LogP contribution in [-0.4, -0.2) is 7.32 Å². The van der Waals surface area contributed by atoms with E-state index < -0.39 is 7.32 Å². The fourth-order valence-electron chi connectivity index (χ4n) is 1.35. The average molecular weight is 308 g/mol. The maximum Gasteiger partial charge on any atom is 0.865 e. The summed E-state index contributed by atoms with van der Waals surface area (Å²) in [6.07, 6.45) is 0. The topological polar surface area (TPSA) is 27.7 Å². The zero-order valence-corrected chi connectivity index (χ0v) is 12.2. The molecule has 0 aliphatic rings. The molecule has 0 spiro atoms. The van der Waals surface area contributed by atoms with Crippen LogP contribution < -0.4 is 14.0 Å². The molecule has 3 rings (SSSR count). The monoisotopic (exact) mass is 308 g/mol. The molecule has 0 aliphatic carbocycles. The Balaban J connectivity index is 1.70. The first-order chi connectivity index (χ1) is 9.40. The molecule has 3 heterocycles. The van der Waals surface area contributed by atoms with Crippen molar-refractivity contribution in [2.75, 3.05) is 0 Å². The summed E-state index contributed by atoms with van der Waals surface area (Å²) in [6, 6.07) is 11.4. The number of rotatable bonds is 6. The van der Waals surface area contributed by atoms with Crippen molar-refractivity contribution in [1.82, 2.24) is 0 Å². The van der Waals surface area contributed by atoms with Gasteiger partial charge in [-0.15, -0.1) is 34.0 Å². The van der Waals surface area contributed by atoms with Crippen molar-refractivity contribution >= 4 is 41.3 Å². The van der Waals surface area contributed by atoms with Gasteiger partial charge in [-0.05, 0) is 52.5 Å². The van der Waals surface area contributed by atoms with Gasteiger partial charge in [0.15, 0.2) is 15.2 Å². The number of hydrogen-bond donors (Lipinski definition) is 0. The van der Waals surface area contributed by atoms with Crippen LogP contribution in [0.2, 0.25) is 0 Å². The molecule has 0 bridgehead atoms. The molecule has 19 heavy (non-hydrogen) atoms. The Bertz CT molecular complexity index is 492. The molecular formula is C12H9BO3S3. The third-order valence-electron chi connectivity index (χ3n) is 2.12. The van der Waals surface area contributed by atoms with Crippen molar-refractivity contribution in [3.63, 3.8) is 0 Å². The van der Waals surface area contributed by atoms with Crippen LogP contribution in [0.15, 0.2) is 52.5 Å². The maximum absolute atomic E-state index is 5.69. The molecule has 0 fully saturated rings. The van der Waals surface area contributed by atoms with Gasteiger partial charge in [0.25, 0.3) is 0 Å². The van der Waals surface area contributed by atoms with Gasteiger partial charge >= 0.3 is 7.32 Å². The second kappa shape index (κ2) is 6.14. The van der Waals surface area contributed by atoms with Crippen LogP contribution in [0.3, 0.4) is 0 Å². The van der Waals surface area contributed by atoms with Gasteiger partial charge in [-0.3, -0.25) is 0 Å². The molecular weight excluding hydrogens is 299 g/mol. The Morgan fingerprint density at radius 2 is 1.00 bits per heavy atom. The van der Waals surface area contributed by atoms with Crippen molar-refractivity contribution in [2.45, 2.75) is 0 Å². The van der Waals surface area contributed by atoms with Gasteiger partial charge in [0, 0.05) is 0 Å². The van der Waals surface area contributed by atoms with E-state index in [-0.39, 0.29) is 0 Å². The Hall–Kier alpha value is -1.44. The van der Waals surface area contributed by atoms with Crippen LogP contribution in [-0.2, 0) is 0 Å². The molecule has 96 valence electrons. The zero-order valence-electron chi connectivity index (χ0n) is 9.72. The van der Waals surface area contributed by atoms with Crippen molar-refractivity contribution in [2.24, 2.45) is 0 Å². The molecule has 3 nitrogen and oxygen atoms in total. The summed E-state index contributed by atoms with van der Waals surface area (Å²) in [5.74, 6) is 0. The molecule has 0 N–H and O–H groups in total. The maximum atomic E-state index is 5.69. The summed E-state index contributed by atoms with van der Waals surface area (Å²) in [4.78, 5) is 0. The Kier molecular flexibility index (Phi) is 4.07. The minimum Gasteiger partial charge on any atom is -0.481 e. The van der Waals surface area contributed by atoms with Crippen LogP contribution in [0.25, 0.3) is 0 Å². The second-order valence-corrected chi connectivity index (χ2v) is 6.17. The molecule has 0 saturated heterocycles. The lowest BCUT2D eigenvalue weighted by molar-refractivity contribution is 0.319. The van der Waals surface area contributed by atoms with Crippen molar-refractivity contribution in [1.29, 1.82) is 0 Å². The van der Waals surface area contributed by atoms with Gasteiger partial charge in [-0.2, -0.15) is 0 Å². The standard InChI is InChI=1S/C12H9BO3S3/c1-4-10(17-7-1)14-13(15-11-5-2-8-18-11)16-12-6-3-9-19-12/h1-9H. The third kappa shape index (κ3) is 3.53. The average Bonchev–Trinajstić information content (AvgIpc) is 3.10. The van der Waals surface area contributed by atoms with E-state index in [0.29, 0.717) is 0 Å². The minimum atomic E-state index is -0.782. The first-order valence-electron chi connectivity index (χ1n) is 5.50. The summed E-state index contributed by atoms with van der Waals surface area (Å²) < 4.78 is 17.1. The smallest absolute Gasteiger partial charge is 0.481 e. The number of thiophene rings is 3. The van der Waals surface area contributed by atoms with E-state index in [9.17, 15) is 0 Å². The molecule has 0 aliphatic heterocycles. The zero-order chi connectivity index (χ0) is 12.9. The van der Waals surface area contributed by atoms with E-state index in [4.69, 9.17) is 14.0 Å². The molecule has 0 aromatic carbocycles. The fraction of sp³-hybridized carbons (Fsp3) is 0. The van der Waals surface area contributed by atoms with E-state index >= 15 is 0 Å². The van der Waals surface area contributed by atoms with Gasteiger partial charge < -0.3 is 14.0 Å². The highest BCUT2D eigenvalue weighted by molar-refractivity contribution is 7.13. The van der Waals surface area contributed by atoms with Crippen LogP contribution in [0.5, 0.6) is 15.2 Å². The minimum absolute atomic E-state index is 0.762. The summed E-state index contributed by atoms with van der Waals surface area (Å²) in [5.41, 5.74) is 0. The molecule has 0 radical (unpaired) electrons. The molecule has 0 atom stereocenters. The summed E-state index contributed by atoms with van der Waals surface area (Å²) >= 11 is 4.50. The van der Waals surface area contributed by atoms with Crippen LogP contribution in [0.4, 0.5) is 0 Å². The molecule has 3 aromatic rings. The third-order valence-corrected chi connectivity index (χ3v) is 4.40. The van der Waals surface area contributed by atoms with E-state index in [1.54, 1.807) is 0 Å². The highest BCUT2D eigenvalue weighted by Crippen LogP contribution is 2.25. The first kappa shape index (κ1) is 12.6. The predicted molar refractivity (Wildman–Crippen MR) is 80.6 cm³/mol. The van der Waals surface area contributed by atoms with E-state index in [1.807, 2.05) is 52.5 Å². The fourth-order valence-corrected chi connectivity index (χ4v) is 3.10. The molecule has 7 heteroatoms. The molecule has 0 saturated carbocycles. The second-order valence-electron chi connectivity index (χ2n) is 3.44. The van der Waals surface area contributed by atoms with Crippen molar-refractivity contribution < 1.29 is 14.0 Å². The molecule has 0 amide bonds. The Morgan fingerprint density at radius 3 is 1.26 bits per heavy atom. The molecule has 3 aromatic heterocycles. The lowest BCUT2D eigenvalue weighted by atomic mass is 10.2. The quantitative estimate of drug-likeness (QED) is 0.632. The van der Waals surface area contributed by atoms with Gasteiger partial charge in [0.05, 0.1) is 0 Å². The van der Waals surface area contributed by atoms with Gasteiger partial charge in [0.1, 0.15) is 0 Å². The van der Waals surface area contributed by atoms with Crippen molar-refractivity contribution in [3.8, 4) is 15.2 Å². The van der Waals surface area contributed by atoms with E-state index in [0.717, 1.165) is 15.2 Å². The van der Waals surface area contributed by atoms with Gasteiger partial charge in [-0.1, -0.05) is 0 Å². The van der Waals surface area contributed by atoms with Crippen molar-refractivity contribution in [3.05, 3.63) is 52.5 Å². The predicted octanol–water partition coefficient (Wildman–Crippen LogP) is 4.39.